The minimum absolute atomic E-state index is 0.0924. The fourth-order valence-corrected chi connectivity index (χ4v) is 2.25. The van der Waals surface area contributed by atoms with Crippen LogP contribution in [0.2, 0.25) is 0 Å². The Kier molecular flexibility index (Phi) is 4.69. The third kappa shape index (κ3) is 3.66. The molecule has 1 aromatic carbocycles. The number of aromatic nitrogens is 2. The molecule has 0 aliphatic carbocycles. The highest BCUT2D eigenvalue weighted by atomic mass is 79.9. The molecule has 0 saturated carbocycles. The molecule has 21 heavy (non-hydrogen) atoms. The van der Waals surface area contributed by atoms with Gasteiger partial charge >= 0.3 is 11.7 Å². The molecule has 0 amide bonds. The van der Waals surface area contributed by atoms with Crippen LogP contribution in [0.3, 0.4) is 0 Å². The molecule has 7 nitrogen and oxygen atoms in total. The van der Waals surface area contributed by atoms with Gasteiger partial charge in [0.25, 0.3) is 0 Å². The summed E-state index contributed by atoms with van der Waals surface area (Å²) < 4.78 is 5.89. The zero-order valence-electron chi connectivity index (χ0n) is 11.5. The van der Waals surface area contributed by atoms with E-state index in [4.69, 9.17) is 4.74 Å². The summed E-state index contributed by atoms with van der Waals surface area (Å²) in [5.41, 5.74) is 1.07. The Morgan fingerprint density at radius 3 is 2.81 bits per heavy atom. The van der Waals surface area contributed by atoms with Gasteiger partial charge in [-0.3, -0.25) is 10.1 Å². The molecule has 1 aromatic heterocycles. The van der Waals surface area contributed by atoms with Crippen LogP contribution in [-0.4, -0.2) is 22.0 Å². The summed E-state index contributed by atoms with van der Waals surface area (Å²) in [5.74, 6) is 0.143. The third-order valence-corrected chi connectivity index (χ3v) is 3.25. The number of rotatable bonds is 5. The molecule has 1 heterocycles. The van der Waals surface area contributed by atoms with E-state index in [1.54, 1.807) is 6.92 Å². The van der Waals surface area contributed by atoms with E-state index in [9.17, 15) is 10.1 Å². The predicted molar refractivity (Wildman–Crippen MR) is 81.4 cm³/mol. The summed E-state index contributed by atoms with van der Waals surface area (Å²) in [5, 5.41) is 14.1. The lowest BCUT2D eigenvalue weighted by molar-refractivity contribution is -0.385. The van der Waals surface area contributed by atoms with Crippen molar-refractivity contribution in [3.8, 4) is 6.01 Å². The molecule has 0 fully saturated rings. The van der Waals surface area contributed by atoms with Crippen molar-refractivity contribution in [2.24, 2.45) is 0 Å². The fraction of sp³-hybridized carbons (Fsp3) is 0.231. The van der Waals surface area contributed by atoms with Crippen molar-refractivity contribution < 1.29 is 9.66 Å². The van der Waals surface area contributed by atoms with Crippen LogP contribution in [0.25, 0.3) is 0 Å². The van der Waals surface area contributed by atoms with Gasteiger partial charge in [0, 0.05) is 11.0 Å². The van der Waals surface area contributed by atoms with Gasteiger partial charge in [0.1, 0.15) is 5.69 Å². The van der Waals surface area contributed by atoms with Crippen molar-refractivity contribution in [2.45, 2.75) is 13.5 Å². The fourth-order valence-electron chi connectivity index (χ4n) is 1.81. The Morgan fingerprint density at radius 1 is 1.43 bits per heavy atom. The average molecular weight is 353 g/mol. The minimum atomic E-state index is -0.502. The molecule has 110 valence electrons. The number of nitrogens with zero attached hydrogens (tertiary/aromatic N) is 3. The summed E-state index contributed by atoms with van der Waals surface area (Å²) in [7, 11) is 1.42. The highest BCUT2D eigenvalue weighted by Gasteiger charge is 2.22. The Hall–Kier alpha value is -2.22. The lowest BCUT2D eigenvalue weighted by Gasteiger charge is -2.09. The smallest absolute Gasteiger partial charge is 0.332 e. The first kappa shape index (κ1) is 15.2. The Morgan fingerprint density at radius 2 is 2.19 bits per heavy atom. The summed E-state index contributed by atoms with van der Waals surface area (Å²) in [6.45, 7) is 1.95. The molecule has 0 aliphatic rings. The number of halogens is 1. The molecule has 0 saturated heterocycles. The van der Waals surface area contributed by atoms with Crippen LogP contribution in [0.4, 0.5) is 11.5 Å². The zero-order chi connectivity index (χ0) is 15.4. The molecular weight excluding hydrogens is 340 g/mol. The molecule has 2 aromatic rings. The van der Waals surface area contributed by atoms with Gasteiger partial charge in [-0.15, -0.1) is 0 Å². The number of nitro groups is 1. The van der Waals surface area contributed by atoms with Gasteiger partial charge in [-0.05, 0) is 24.6 Å². The normalized spacial score (nSPS) is 10.2. The lowest BCUT2D eigenvalue weighted by Crippen LogP contribution is -2.08. The second-order valence-electron chi connectivity index (χ2n) is 4.23. The van der Waals surface area contributed by atoms with E-state index in [0.717, 1.165) is 10.0 Å². The number of aryl methyl sites for hydroxylation is 1. The number of ether oxygens (including phenoxy) is 1. The van der Waals surface area contributed by atoms with Gasteiger partial charge in [0.2, 0.25) is 5.82 Å². The number of hydrogen-bond donors (Lipinski definition) is 1. The van der Waals surface area contributed by atoms with Crippen molar-refractivity contribution in [3.63, 3.8) is 0 Å². The van der Waals surface area contributed by atoms with Crippen molar-refractivity contribution in [2.75, 3.05) is 12.4 Å². The van der Waals surface area contributed by atoms with E-state index in [1.165, 1.54) is 7.11 Å². The van der Waals surface area contributed by atoms with E-state index in [-0.39, 0.29) is 23.2 Å². The molecule has 0 unspecified atom stereocenters. The summed E-state index contributed by atoms with van der Waals surface area (Å²) >= 11 is 3.38. The van der Waals surface area contributed by atoms with Crippen LogP contribution in [0, 0.1) is 17.0 Å². The van der Waals surface area contributed by atoms with Gasteiger partial charge in [-0.2, -0.15) is 9.97 Å². The quantitative estimate of drug-likeness (QED) is 0.656. The second kappa shape index (κ2) is 6.49. The van der Waals surface area contributed by atoms with Crippen molar-refractivity contribution in [1.82, 2.24) is 9.97 Å². The van der Waals surface area contributed by atoms with E-state index in [1.807, 2.05) is 24.3 Å². The van der Waals surface area contributed by atoms with E-state index in [0.29, 0.717) is 6.54 Å². The van der Waals surface area contributed by atoms with E-state index in [2.05, 4.69) is 31.2 Å². The summed E-state index contributed by atoms with van der Waals surface area (Å²) in [6.07, 6.45) is 0. The lowest BCUT2D eigenvalue weighted by atomic mass is 10.2. The molecule has 1 N–H and O–H groups in total. The Bertz CT molecular complexity index is 678. The molecule has 0 spiro atoms. The van der Waals surface area contributed by atoms with Crippen LogP contribution >= 0.6 is 15.9 Å². The van der Waals surface area contributed by atoms with Crippen LogP contribution in [0.15, 0.2) is 28.7 Å². The van der Waals surface area contributed by atoms with E-state index >= 15 is 0 Å². The SMILES string of the molecule is COc1nc(C)c([N+](=O)[O-])c(NCc2cccc(Br)c2)n1. The number of anilines is 1. The predicted octanol–water partition coefficient (Wildman–Crippen LogP) is 3.08. The zero-order valence-corrected chi connectivity index (χ0v) is 13.0. The van der Waals surface area contributed by atoms with Gasteiger partial charge < -0.3 is 10.1 Å². The van der Waals surface area contributed by atoms with Crippen LogP contribution in [0.5, 0.6) is 6.01 Å². The van der Waals surface area contributed by atoms with Crippen LogP contribution < -0.4 is 10.1 Å². The molecule has 0 bridgehead atoms. The molecule has 8 heteroatoms. The van der Waals surface area contributed by atoms with Crippen LogP contribution in [0.1, 0.15) is 11.3 Å². The van der Waals surface area contributed by atoms with E-state index < -0.39 is 4.92 Å². The second-order valence-corrected chi connectivity index (χ2v) is 5.15. The number of hydrogen-bond acceptors (Lipinski definition) is 6. The first-order valence-electron chi connectivity index (χ1n) is 6.06. The van der Waals surface area contributed by atoms with Crippen molar-refractivity contribution in [3.05, 3.63) is 50.1 Å². The first-order valence-corrected chi connectivity index (χ1v) is 6.86. The monoisotopic (exact) mass is 352 g/mol. The maximum Gasteiger partial charge on any atom is 0.332 e. The molecule has 2 rings (SSSR count). The minimum Gasteiger partial charge on any atom is -0.467 e. The maximum atomic E-state index is 11.1. The molecule has 0 aliphatic heterocycles. The highest BCUT2D eigenvalue weighted by molar-refractivity contribution is 9.10. The summed E-state index contributed by atoms with van der Waals surface area (Å²) in [4.78, 5) is 18.6. The van der Waals surface area contributed by atoms with Gasteiger partial charge in [-0.1, -0.05) is 28.1 Å². The van der Waals surface area contributed by atoms with Gasteiger partial charge in [0.15, 0.2) is 0 Å². The van der Waals surface area contributed by atoms with Crippen molar-refractivity contribution in [1.29, 1.82) is 0 Å². The standard InChI is InChI=1S/C13H13BrN4O3/c1-8-11(18(19)20)12(17-13(16-8)21-2)15-7-9-4-3-5-10(14)6-9/h3-6H,7H2,1-2H3,(H,15,16,17). The Balaban J connectivity index is 2.29. The summed E-state index contributed by atoms with van der Waals surface area (Å²) in [6, 6.07) is 7.72. The number of nitrogens with one attached hydrogen (secondary N) is 1. The van der Waals surface area contributed by atoms with Gasteiger partial charge in [-0.25, -0.2) is 0 Å². The molecule has 0 radical (unpaired) electrons. The number of methoxy groups -OCH3 is 1. The Labute approximate surface area is 129 Å². The number of benzene rings is 1. The molecule has 0 atom stereocenters. The van der Waals surface area contributed by atoms with Crippen LogP contribution in [-0.2, 0) is 6.54 Å². The first-order chi connectivity index (χ1) is 10.0. The average Bonchev–Trinajstić information content (AvgIpc) is 2.44. The van der Waals surface area contributed by atoms with Crippen molar-refractivity contribution >= 4 is 27.4 Å². The third-order valence-electron chi connectivity index (χ3n) is 2.75. The largest absolute Gasteiger partial charge is 0.467 e. The topological polar surface area (TPSA) is 90.2 Å². The maximum absolute atomic E-state index is 11.1. The van der Waals surface area contributed by atoms with Gasteiger partial charge in [0.05, 0.1) is 12.0 Å². The molecular formula is C13H13BrN4O3. The highest BCUT2D eigenvalue weighted by Crippen LogP contribution is 2.27.